The molecular weight excluding hydrogens is 247 g/mol. The van der Waals surface area contributed by atoms with E-state index in [0.717, 1.165) is 0 Å². The van der Waals surface area contributed by atoms with E-state index in [4.69, 9.17) is 0 Å². The fourth-order valence-electron chi connectivity index (χ4n) is 1.61. The van der Waals surface area contributed by atoms with Gasteiger partial charge in [0.2, 0.25) is 0 Å². The number of amides is 1. The molecule has 1 heterocycles. The van der Waals surface area contributed by atoms with Gasteiger partial charge in [0.1, 0.15) is 6.17 Å². The Hall–Kier alpha value is -1.63. The highest BCUT2D eigenvalue weighted by Gasteiger charge is 2.35. The fraction of sp³-hybridized carbons (Fsp3) is 0.300. The van der Waals surface area contributed by atoms with Gasteiger partial charge >= 0.3 is 10.2 Å². The van der Waals surface area contributed by atoms with Gasteiger partial charge in [0.15, 0.2) is 0 Å². The Kier molecular flexibility index (Phi) is 2.78. The molecule has 2 rings (SSSR count). The first-order chi connectivity index (χ1) is 7.92. The monoisotopic (exact) mass is 258 g/mol. The quantitative estimate of drug-likeness (QED) is 0.865. The number of alkyl halides is 1. The van der Waals surface area contributed by atoms with Crippen LogP contribution in [0.1, 0.15) is 17.3 Å². The van der Waals surface area contributed by atoms with Crippen LogP contribution in [0.15, 0.2) is 24.3 Å². The minimum Gasteiger partial charge on any atom is -0.268 e. The molecule has 1 aromatic rings. The molecule has 17 heavy (non-hydrogen) atoms. The summed E-state index contributed by atoms with van der Waals surface area (Å²) in [6.45, 7) is 0.714. The Labute approximate surface area is 98.4 Å². The van der Waals surface area contributed by atoms with Crippen LogP contribution >= 0.6 is 0 Å². The van der Waals surface area contributed by atoms with Crippen LogP contribution in [0.4, 0.5) is 10.1 Å². The highest BCUT2D eigenvalue weighted by Crippen LogP contribution is 2.26. The molecule has 1 amide bonds. The third kappa shape index (κ3) is 2.10. The summed E-state index contributed by atoms with van der Waals surface area (Å²) in [5.74, 6) is -0.705. The van der Waals surface area contributed by atoms with Crippen molar-refractivity contribution in [1.82, 2.24) is 4.31 Å². The predicted molar refractivity (Wildman–Crippen MR) is 60.6 cm³/mol. The first-order valence-corrected chi connectivity index (χ1v) is 6.44. The molecule has 0 saturated carbocycles. The SMILES string of the molecule is CC(F)CN1C(=O)c2ccccc2NS1(=O)=O. The van der Waals surface area contributed by atoms with Gasteiger partial charge < -0.3 is 0 Å². The number of halogens is 1. The summed E-state index contributed by atoms with van der Waals surface area (Å²) in [6, 6.07) is 6.21. The van der Waals surface area contributed by atoms with Crippen molar-refractivity contribution in [3.8, 4) is 0 Å². The second-order valence-corrected chi connectivity index (χ2v) is 5.36. The van der Waals surface area contributed by atoms with Crippen molar-refractivity contribution in [3.63, 3.8) is 0 Å². The predicted octanol–water partition coefficient (Wildman–Crippen LogP) is 1.16. The highest BCUT2D eigenvalue weighted by atomic mass is 32.2. The molecule has 0 spiro atoms. The number of rotatable bonds is 2. The second-order valence-electron chi connectivity index (χ2n) is 3.77. The van der Waals surface area contributed by atoms with E-state index in [-0.39, 0.29) is 11.3 Å². The molecule has 1 aliphatic rings. The fourth-order valence-corrected chi connectivity index (χ4v) is 2.89. The minimum absolute atomic E-state index is 0.222. The Bertz CT molecular complexity index is 556. The lowest BCUT2D eigenvalue weighted by molar-refractivity contribution is 0.0837. The third-order valence-corrected chi connectivity index (χ3v) is 3.70. The largest absolute Gasteiger partial charge is 0.326 e. The first-order valence-electron chi connectivity index (χ1n) is 5.00. The molecule has 1 atom stereocenters. The van der Waals surface area contributed by atoms with Crippen molar-refractivity contribution in [2.45, 2.75) is 13.1 Å². The lowest BCUT2D eigenvalue weighted by atomic mass is 10.1. The average molecular weight is 258 g/mol. The smallest absolute Gasteiger partial charge is 0.268 e. The van der Waals surface area contributed by atoms with E-state index in [1.54, 1.807) is 12.1 Å². The van der Waals surface area contributed by atoms with Gasteiger partial charge in [0, 0.05) is 0 Å². The topological polar surface area (TPSA) is 66.5 Å². The molecule has 0 aliphatic carbocycles. The molecule has 0 bridgehead atoms. The Morgan fingerprint density at radius 3 is 2.71 bits per heavy atom. The number of carbonyl (C=O) groups excluding carboxylic acids is 1. The second kappa shape index (κ2) is 3.99. The van der Waals surface area contributed by atoms with Gasteiger partial charge in [-0.15, -0.1) is 0 Å². The number of nitrogens with zero attached hydrogens (tertiary/aromatic N) is 1. The molecule has 1 aromatic carbocycles. The van der Waals surface area contributed by atoms with Crippen molar-refractivity contribution in [3.05, 3.63) is 29.8 Å². The zero-order valence-corrected chi connectivity index (χ0v) is 9.87. The van der Waals surface area contributed by atoms with Gasteiger partial charge in [-0.05, 0) is 19.1 Å². The maximum absolute atomic E-state index is 12.9. The summed E-state index contributed by atoms with van der Waals surface area (Å²) < 4.78 is 39.1. The van der Waals surface area contributed by atoms with Crippen molar-refractivity contribution in [1.29, 1.82) is 0 Å². The molecule has 0 aromatic heterocycles. The maximum Gasteiger partial charge on any atom is 0.326 e. The Morgan fingerprint density at radius 2 is 2.06 bits per heavy atom. The van der Waals surface area contributed by atoms with E-state index in [9.17, 15) is 17.6 Å². The van der Waals surface area contributed by atoms with Gasteiger partial charge in [0.25, 0.3) is 5.91 Å². The lowest BCUT2D eigenvalue weighted by Crippen LogP contribution is -2.46. The molecule has 0 radical (unpaired) electrons. The van der Waals surface area contributed by atoms with Crippen LogP contribution in [0.2, 0.25) is 0 Å². The summed E-state index contributed by atoms with van der Waals surface area (Å²) in [5, 5.41) is 0. The average Bonchev–Trinajstić information content (AvgIpc) is 2.23. The minimum atomic E-state index is -3.99. The van der Waals surface area contributed by atoms with E-state index in [1.165, 1.54) is 19.1 Å². The van der Waals surface area contributed by atoms with Gasteiger partial charge in [-0.25, -0.2) is 8.70 Å². The van der Waals surface area contributed by atoms with Crippen molar-refractivity contribution < 1.29 is 17.6 Å². The van der Waals surface area contributed by atoms with Crippen LogP contribution in [0, 0.1) is 0 Å². The maximum atomic E-state index is 12.9. The Balaban J connectivity index is 2.48. The molecule has 5 nitrogen and oxygen atoms in total. The van der Waals surface area contributed by atoms with E-state index < -0.39 is 28.8 Å². The van der Waals surface area contributed by atoms with Crippen LogP contribution in [0.3, 0.4) is 0 Å². The molecule has 1 N–H and O–H groups in total. The standard InChI is InChI=1S/C10H11FN2O3S/c1-7(11)6-13-10(14)8-4-2-3-5-9(8)12-17(13,15)16/h2-5,7,12H,6H2,1H3. The number of nitrogens with one attached hydrogen (secondary N) is 1. The number of hydrogen-bond donors (Lipinski definition) is 1. The van der Waals surface area contributed by atoms with Crippen molar-refractivity contribution in [2.75, 3.05) is 11.3 Å². The lowest BCUT2D eigenvalue weighted by Gasteiger charge is -2.29. The zero-order valence-electron chi connectivity index (χ0n) is 9.05. The van der Waals surface area contributed by atoms with Crippen LogP contribution < -0.4 is 4.72 Å². The molecule has 7 heteroatoms. The molecule has 0 saturated heterocycles. The van der Waals surface area contributed by atoms with Gasteiger partial charge in [-0.3, -0.25) is 9.52 Å². The number of hydrogen-bond acceptors (Lipinski definition) is 3. The normalized spacial score (nSPS) is 19.4. The van der Waals surface area contributed by atoms with Gasteiger partial charge in [0.05, 0.1) is 17.8 Å². The van der Waals surface area contributed by atoms with Crippen LogP contribution in [0.25, 0.3) is 0 Å². The molecular formula is C10H11FN2O3S. The number of benzene rings is 1. The van der Waals surface area contributed by atoms with E-state index >= 15 is 0 Å². The number of para-hydroxylation sites is 1. The number of fused-ring (bicyclic) bond motifs is 1. The summed E-state index contributed by atoms with van der Waals surface area (Å²) in [4.78, 5) is 11.9. The first kappa shape index (κ1) is 11.8. The van der Waals surface area contributed by atoms with Crippen LogP contribution in [-0.2, 0) is 10.2 Å². The third-order valence-electron chi connectivity index (χ3n) is 2.33. The van der Waals surface area contributed by atoms with E-state index in [2.05, 4.69) is 4.72 Å². The summed E-state index contributed by atoms with van der Waals surface area (Å²) >= 11 is 0. The van der Waals surface area contributed by atoms with Crippen molar-refractivity contribution in [2.24, 2.45) is 0 Å². The number of carbonyl (C=O) groups is 1. The number of anilines is 1. The zero-order chi connectivity index (χ0) is 12.6. The summed E-state index contributed by atoms with van der Waals surface area (Å²) in [7, 11) is -3.99. The van der Waals surface area contributed by atoms with Crippen molar-refractivity contribution >= 4 is 21.8 Å². The van der Waals surface area contributed by atoms with Crippen LogP contribution in [0.5, 0.6) is 0 Å². The summed E-state index contributed by atoms with van der Waals surface area (Å²) in [6.07, 6.45) is -1.42. The van der Waals surface area contributed by atoms with Gasteiger partial charge in [-0.1, -0.05) is 12.1 Å². The van der Waals surface area contributed by atoms with E-state index in [0.29, 0.717) is 4.31 Å². The molecule has 1 aliphatic heterocycles. The molecule has 1 unspecified atom stereocenters. The summed E-state index contributed by atoms with van der Waals surface area (Å²) in [5.41, 5.74) is 0.447. The van der Waals surface area contributed by atoms with E-state index in [1.807, 2.05) is 0 Å². The highest BCUT2D eigenvalue weighted by molar-refractivity contribution is 7.91. The molecule has 0 fully saturated rings. The van der Waals surface area contributed by atoms with Crippen LogP contribution in [-0.4, -0.2) is 31.3 Å². The Morgan fingerprint density at radius 1 is 1.41 bits per heavy atom. The van der Waals surface area contributed by atoms with Gasteiger partial charge in [-0.2, -0.15) is 8.42 Å². The molecule has 92 valence electrons.